The molecule has 1 aromatic heterocycles. The third-order valence-corrected chi connectivity index (χ3v) is 8.70. The van der Waals surface area contributed by atoms with Crippen molar-refractivity contribution >= 4 is 13.6 Å². The van der Waals surface area contributed by atoms with Gasteiger partial charge in [-0.05, 0) is 38.7 Å². The number of phosphoric ester groups is 1. The molecular formula is C31H57N3O7P-. The Morgan fingerprint density at radius 1 is 0.952 bits per heavy atom. The van der Waals surface area contributed by atoms with E-state index in [1.54, 1.807) is 13.8 Å². The maximum atomic E-state index is 12.7. The van der Waals surface area contributed by atoms with Gasteiger partial charge in [0.1, 0.15) is 18.0 Å². The summed E-state index contributed by atoms with van der Waals surface area (Å²) >= 11 is 0. The van der Waals surface area contributed by atoms with Crippen LogP contribution in [-0.2, 0) is 23.1 Å². The fourth-order valence-electron chi connectivity index (χ4n) is 5.46. The van der Waals surface area contributed by atoms with Gasteiger partial charge in [0.25, 0.3) is 7.82 Å². The van der Waals surface area contributed by atoms with Gasteiger partial charge in [0, 0.05) is 12.8 Å². The highest BCUT2D eigenvalue weighted by molar-refractivity contribution is 7.45. The van der Waals surface area contributed by atoms with Gasteiger partial charge in [-0.3, -0.25) is 9.13 Å². The molecule has 1 saturated heterocycles. The lowest BCUT2D eigenvalue weighted by atomic mass is 10.0. The highest BCUT2D eigenvalue weighted by atomic mass is 31.2. The van der Waals surface area contributed by atoms with Gasteiger partial charge in [0.05, 0.1) is 12.2 Å². The quantitative estimate of drug-likeness (QED) is 0.103. The van der Waals surface area contributed by atoms with Crippen LogP contribution in [0.3, 0.4) is 0 Å². The number of unbranched alkanes of at least 4 members (excludes halogenated alkanes) is 13. The largest absolute Gasteiger partial charge is 0.756 e. The first-order chi connectivity index (χ1) is 20.0. The van der Waals surface area contributed by atoms with Gasteiger partial charge < -0.3 is 29.1 Å². The standard InChI is InChI=1S/C31H58N3O7P/c1-6-7-8-9-10-11-12-13-14-15-16-17-18-19-22-38-29-28(41-42(36,37)40-25(4)5)26(23-24(2)3)39-30(29)34-21-20-27(32)33-31(34)35/h20-21,24-26,28-30H,6-19,22-23H2,1-5H3,(H,36,37)(H2,32,33,35)/p-1/t26-,28?,29+,30-/m1/s1. The zero-order chi connectivity index (χ0) is 31.0. The molecule has 244 valence electrons. The van der Waals surface area contributed by atoms with E-state index < -0.39 is 44.2 Å². The van der Waals surface area contributed by atoms with E-state index >= 15 is 0 Å². The predicted octanol–water partition coefficient (Wildman–Crippen LogP) is 6.91. The molecule has 0 aliphatic carbocycles. The number of hydrogen-bond acceptors (Lipinski definition) is 9. The minimum Gasteiger partial charge on any atom is -0.756 e. The maximum Gasteiger partial charge on any atom is 0.351 e. The molecule has 2 rings (SSSR count). The second-order valence-corrected chi connectivity index (χ2v) is 13.7. The number of nitrogens with two attached hydrogens (primary N) is 1. The van der Waals surface area contributed by atoms with Crippen LogP contribution in [0.25, 0.3) is 0 Å². The van der Waals surface area contributed by atoms with Crippen molar-refractivity contribution in [2.24, 2.45) is 5.92 Å². The SMILES string of the molecule is CCCCCCCCCCCCCCCCO[C@H]1C(OP(=O)([O-])OC(C)C)[C@@H](CC(C)C)O[C@H]1n1ccc(N)nc1=O. The number of nitrogens with zero attached hydrogens (tertiary/aromatic N) is 2. The number of aromatic nitrogens is 2. The third kappa shape index (κ3) is 14.0. The summed E-state index contributed by atoms with van der Waals surface area (Å²) in [6.45, 7) is 9.91. The molecule has 11 heteroatoms. The molecule has 2 N–H and O–H groups in total. The number of rotatable bonds is 23. The van der Waals surface area contributed by atoms with Gasteiger partial charge in [0.15, 0.2) is 6.23 Å². The summed E-state index contributed by atoms with van der Waals surface area (Å²) in [5.41, 5.74) is 5.09. The Morgan fingerprint density at radius 2 is 1.50 bits per heavy atom. The summed E-state index contributed by atoms with van der Waals surface area (Å²) in [5.74, 6) is 0.277. The summed E-state index contributed by atoms with van der Waals surface area (Å²) in [7, 11) is -4.66. The monoisotopic (exact) mass is 614 g/mol. The minimum atomic E-state index is -4.66. The highest BCUT2D eigenvalue weighted by Crippen LogP contribution is 2.47. The molecule has 1 fully saturated rings. The number of nitrogen functional groups attached to an aromatic ring is 1. The number of anilines is 1. The molecule has 0 spiro atoms. The molecule has 0 radical (unpaired) electrons. The van der Waals surface area contributed by atoms with Crippen LogP contribution in [0.15, 0.2) is 17.1 Å². The van der Waals surface area contributed by atoms with Crippen LogP contribution in [0.4, 0.5) is 5.82 Å². The van der Waals surface area contributed by atoms with Crippen molar-refractivity contribution in [2.75, 3.05) is 12.3 Å². The van der Waals surface area contributed by atoms with Gasteiger partial charge in [-0.1, -0.05) is 104 Å². The molecule has 1 aliphatic rings. The lowest BCUT2D eigenvalue weighted by Gasteiger charge is -2.32. The average Bonchev–Trinajstić information content (AvgIpc) is 3.20. The van der Waals surface area contributed by atoms with E-state index in [0.29, 0.717) is 13.0 Å². The Hall–Kier alpha value is -1.29. The van der Waals surface area contributed by atoms with E-state index in [4.69, 9.17) is 24.3 Å². The van der Waals surface area contributed by atoms with Crippen LogP contribution in [0.1, 0.15) is 137 Å². The first-order valence-electron chi connectivity index (χ1n) is 16.3. The van der Waals surface area contributed by atoms with Gasteiger partial charge in [0.2, 0.25) is 0 Å². The minimum absolute atomic E-state index is 0.0926. The zero-order valence-electron chi connectivity index (χ0n) is 26.7. The fraction of sp³-hybridized carbons (Fsp3) is 0.871. The maximum absolute atomic E-state index is 12.7. The summed E-state index contributed by atoms with van der Waals surface area (Å²) in [4.78, 5) is 29.2. The Labute approximate surface area is 253 Å². The van der Waals surface area contributed by atoms with Crippen LogP contribution in [-0.4, -0.2) is 40.6 Å². The Kier molecular flexibility index (Phi) is 17.5. The van der Waals surface area contributed by atoms with Gasteiger partial charge in [-0.2, -0.15) is 4.98 Å². The molecule has 0 amide bonds. The van der Waals surface area contributed by atoms with E-state index in [2.05, 4.69) is 11.9 Å². The van der Waals surface area contributed by atoms with Crippen LogP contribution >= 0.6 is 7.82 Å². The Morgan fingerprint density at radius 3 is 2.00 bits per heavy atom. The fourth-order valence-corrected chi connectivity index (χ4v) is 6.58. The molecular weight excluding hydrogens is 557 g/mol. The summed E-state index contributed by atoms with van der Waals surface area (Å²) in [6.07, 6.45) is 15.6. The number of hydrogen-bond donors (Lipinski definition) is 1. The molecule has 2 heterocycles. The molecule has 10 nitrogen and oxygen atoms in total. The molecule has 0 bridgehead atoms. The second kappa shape index (κ2) is 19.9. The van der Waals surface area contributed by atoms with Crippen molar-refractivity contribution < 1.29 is 28.0 Å². The first-order valence-corrected chi connectivity index (χ1v) is 17.8. The van der Waals surface area contributed by atoms with Gasteiger partial charge in [-0.15, -0.1) is 0 Å². The van der Waals surface area contributed by atoms with Gasteiger partial charge >= 0.3 is 5.69 Å². The smallest absolute Gasteiger partial charge is 0.351 e. The van der Waals surface area contributed by atoms with Crippen LogP contribution < -0.4 is 16.3 Å². The zero-order valence-corrected chi connectivity index (χ0v) is 27.6. The van der Waals surface area contributed by atoms with Gasteiger partial charge in [-0.25, -0.2) is 4.79 Å². The molecule has 1 aliphatic heterocycles. The lowest BCUT2D eigenvalue weighted by Crippen LogP contribution is -2.40. The van der Waals surface area contributed by atoms with Crippen LogP contribution in [0.5, 0.6) is 0 Å². The molecule has 5 atom stereocenters. The van der Waals surface area contributed by atoms with E-state index in [9.17, 15) is 14.3 Å². The Bertz CT molecular complexity index is 974. The van der Waals surface area contributed by atoms with Crippen molar-refractivity contribution in [1.82, 2.24) is 9.55 Å². The van der Waals surface area contributed by atoms with E-state index in [-0.39, 0.29) is 11.7 Å². The second-order valence-electron chi connectivity index (χ2n) is 12.3. The van der Waals surface area contributed by atoms with E-state index in [1.165, 1.54) is 87.5 Å². The highest BCUT2D eigenvalue weighted by Gasteiger charge is 2.49. The van der Waals surface area contributed by atoms with Crippen molar-refractivity contribution in [3.05, 3.63) is 22.7 Å². The normalized spacial score (nSPS) is 22.3. The molecule has 2 unspecified atom stereocenters. The van der Waals surface area contributed by atoms with Crippen LogP contribution in [0.2, 0.25) is 0 Å². The average molecular weight is 615 g/mol. The first kappa shape index (κ1) is 36.9. The van der Waals surface area contributed by atoms with Crippen molar-refractivity contribution in [3.8, 4) is 0 Å². The molecule has 0 saturated carbocycles. The molecule has 1 aromatic rings. The van der Waals surface area contributed by atoms with Crippen molar-refractivity contribution in [2.45, 2.75) is 162 Å². The molecule has 0 aromatic carbocycles. The van der Waals surface area contributed by atoms with Crippen molar-refractivity contribution in [1.29, 1.82) is 0 Å². The third-order valence-electron chi connectivity index (χ3n) is 7.51. The lowest BCUT2D eigenvalue weighted by molar-refractivity contribution is -0.237. The number of ether oxygens (including phenoxy) is 2. The number of phosphoric acid groups is 1. The summed E-state index contributed by atoms with van der Waals surface area (Å²) < 4.78 is 37.2. The van der Waals surface area contributed by atoms with E-state index in [1.807, 2.05) is 13.8 Å². The summed E-state index contributed by atoms with van der Waals surface area (Å²) in [6, 6.07) is 1.50. The van der Waals surface area contributed by atoms with Crippen molar-refractivity contribution in [3.63, 3.8) is 0 Å². The predicted molar refractivity (Wildman–Crippen MR) is 165 cm³/mol. The summed E-state index contributed by atoms with van der Waals surface area (Å²) in [5, 5.41) is 0. The van der Waals surface area contributed by atoms with Crippen LogP contribution in [0, 0.1) is 5.92 Å². The Balaban J connectivity index is 1.91. The van der Waals surface area contributed by atoms with E-state index in [0.717, 1.165) is 19.3 Å². The molecule has 42 heavy (non-hydrogen) atoms. The topological polar surface area (TPSA) is 138 Å².